The van der Waals surface area contributed by atoms with Crippen LogP contribution in [-0.4, -0.2) is 24.0 Å². The Morgan fingerprint density at radius 2 is 1.85 bits per heavy atom. The summed E-state index contributed by atoms with van der Waals surface area (Å²) in [5, 5.41) is 0. The quantitative estimate of drug-likeness (QED) is 0.758. The molecule has 0 bridgehead atoms. The molecule has 20 heavy (non-hydrogen) atoms. The lowest BCUT2D eigenvalue weighted by Crippen LogP contribution is -2.36. The highest BCUT2D eigenvalue weighted by molar-refractivity contribution is 5.46. The largest absolute Gasteiger partial charge is 0.399 e. The summed E-state index contributed by atoms with van der Waals surface area (Å²) in [6, 6.07) is 9.12. The molecule has 0 atom stereocenters. The van der Waals surface area contributed by atoms with Gasteiger partial charge in [0.2, 0.25) is 0 Å². The van der Waals surface area contributed by atoms with Crippen LogP contribution in [0.4, 0.5) is 5.69 Å². The molecule has 0 radical (unpaired) electrons. The van der Waals surface area contributed by atoms with E-state index in [4.69, 9.17) is 5.73 Å². The van der Waals surface area contributed by atoms with Crippen molar-refractivity contribution >= 4 is 5.69 Å². The van der Waals surface area contributed by atoms with Crippen LogP contribution in [0.2, 0.25) is 0 Å². The predicted molar refractivity (Wildman–Crippen MR) is 87.8 cm³/mol. The van der Waals surface area contributed by atoms with E-state index < -0.39 is 0 Å². The zero-order chi connectivity index (χ0) is 14.4. The zero-order valence-electron chi connectivity index (χ0n) is 13.1. The summed E-state index contributed by atoms with van der Waals surface area (Å²) < 4.78 is 0. The monoisotopic (exact) mass is 274 g/mol. The minimum atomic E-state index is 0.792. The lowest BCUT2D eigenvalue weighted by Gasteiger charge is -2.29. The van der Waals surface area contributed by atoms with Crippen molar-refractivity contribution in [1.29, 1.82) is 0 Å². The molecule has 2 nitrogen and oxygen atoms in total. The first-order valence-corrected chi connectivity index (χ1v) is 8.24. The molecule has 1 aliphatic carbocycles. The number of hydrogen-bond acceptors (Lipinski definition) is 2. The first-order chi connectivity index (χ1) is 9.66. The third kappa shape index (κ3) is 4.52. The predicted octanol–water partition coefficient (Wildman–Crippen LogP) is 4.10. The van der Waals surface area contributed by atoms with Gasteiger partial charge in [0.1, 0.15) is 0 Å². The topological polar surface area (TPSA) is 29.3 Å². The van der Waals surface area contributed by atoms with Crippen LogP contribution < -0.4 is 5.73 Å². The van der Waals surface area contributed by atoms with E-state index in [1.54, 1.807) is 0 Å². The Morgan fingerprint density at radius 3 is 2.50 bits per heavy atom. The highest BCUT2D eigenvalue weighted by atomic mass is 15.2. The molecule has 1 fully saturated rings. The minimum absolute atomic E-state index is 0.792. The molecule has 2 N–H and O–H groups in total. The van der Waals surface area contributed by atoms with E-state index in [1.807, 2.05) is 12.1 Å². The average molecular weight is 274 g/mol. The minimum Gasteiger partial charge on any atom is -0.399 e. The van der Waals surface area contributed by atoms with Crippen LogP contribution in [0.3, 0.4) is 0 Å². The second-order valence-electron chi connectivity index (χ2n) is 6.61. The van der Waals surface area contributed by atoms with Gasteiger partial charge >= 0.3 is 0 Å². The smallest absolute Gasteiger partial charge is 0.0347 e. The van der Waals surface area contributed by atoms with Gasteiger partial charge in [-0.1, -0.05) is 44.9 Å². The summed E-state index contributed by atoms with van der Waals surface area (Å²) in [5.41, 5.74) is 8.32. The van der Waals surface area contributed by atoms with E-state index in [9.17, 15) is 0 Å². The van der Waals surface area contributed by atoms with Gasteiger partial charge in [0.05, 0.1) is 0 Å². The summed E-state index contributed by atoms with van der Waals surface area (Å²) in [6.45, 7) is 7.05. The second kappa shape index (κ2) is 7.68. The molecule has 0 saturated heterocycles. The molecule has 1 aliphatic rings. The van der Waals surface area contributed by atoms with E-state index in [1.165, 1.54) is 44.2 Å². The van der Waals surface area contributed by atoms with Gasteiger partial charge in [0.15, 0.2) is 0 Å². The number of nitrogen functional groups attached to an aromatic ring is 1. The van der Waals surface area contributed by atoms with Crippen molar-refractivity contribution in [3.8, 4) is 0 Å². The molecule has 0 amide bonds. The first-order valence-electron chi connectivity index (χ1n) is 8.24. The maximum absolute atomic E-state index is 6.06. The molecular weight excluding hydrogens is 244 g/mol. The summed E-state index contributed by atoms with van der Waals surface area (Å²) in [7, 11) is 0. The van der Waals surface area contributed by atoms with Crippen LogP contribution in [0.15, 0.2) is 24.3 Å². The number of nitrogens with two attached hydrogens (primary N) is 1. The zero-order valence-corrected chi connectivity index (χ0v) is 13.1. The molecule has 1 saturated carbocycles. The maximum Gasteiger partial charge on any atom is 0.0347 e. The Bertz CT molecular complexity index is 394. The Morgan fingerprint density at radius 1 is 1.15 bits per heavy atom. The van der Waals surface area contributed by atoms with Crippen LogP contribution >= 0.6 is 0 Å². The molecule has 0 unspecified atom stereocenters. The van der Waals surface area contributed by atoms with Gasteiger partial charge in [0.25, 0.3) is 0 Å². The highest BCUT2D eigenvalue weighted by Gasteiger charge is 2.22. The summed E-state index contributed by atoms with van der Waals surface area (Å²) in [6.07, 6.45) is 8.00. The van der Waals surface area contributed by atoms with E-state index >= 15 is 0 Å². The third-order valence-electron chi connectivity index (χ3n) is 4.56. The number of para-hydroxylation sites is 1. The molecular formula is C18H30N2. The molecule has 0 aromatic heterocycles. The summed E-state index contributed by atoms with van der Waals surface area (Å²) in [5.74, 6) is 0.792. The van der Waals surface area contributed by atoms with E-state index in [2.05, 4.69) is 30.9 Å². The van der Waals surface area contributed by atoms with Gasteiger partial charge in [-0.25, -0.2) is 0 Å². The van der Waals surface area contributed by atoms with Crippen molar-refractivity contribution in [1.82, 2.24) is 4.90 Å². The average Bonchev–Trinajstić information content (AvgIpc) is 2.94. The SMILES string of the molecule is CC(C)CCN(CCc1ccccc1N)C1CCCC1. The number of benzene rings is 1. The lowest BCUT2D eigenvalue weighted by atomic mass is 10.1. The van der Waals surface area contributed by atoms with Gasteiger partial charge in [0, 0.05) is 18.3 Å². The molecule has 0 aliphatic heterocycles. The van der Waals surface area contributed by atoms with Crippen LogP contribution in [0, 0.1) is 5.92 Å². The van der Waals surface area contributed by atoms with Gasteiger partial charge in [-0.15, -0.1) is 0 Å². The molecule has 0 heterocycles. The van der Waals surface area contributed by atoms with Crippen LogP contribution in [0.1, 0.15) is 51.5 Å². The molecule has 2 heteroatoms. The maximum atomic E-state index is 6.06. The van der Waals surface area contributed by atoms with Gasteiger partial charge in [-0.05, 0) is 49.8 Å². The van der Waals surface area contributed by atoms with Crippen LogP contribution in [-0.2, 0) is 6.42 Å². The fraction of sp³-hybridized carbons (Fsp3) is 0.667. The van der Waals surface area contributed by atoms with Crippen LogP contribution in [0.5, 0.6) is 0 Å². The Kier molecular flexibility index (Phi) is 5.90. The Labute approximate surface area is 124 Å². The Hall–Kier alpha value is -1.02. The molecule has 2 rings (SSSR count). The third-order valence-corrected chi connectivity index (χ3v) is 4.56. The number of hydrogen-bond donors (Lipinski definition) is 1. The highest BCUT2D eigenvalue weighted by Crippen LogP contribution is 2.24. The van der Waals surface area contributed by atoms with Gasteiger partial charge in [-0.3, -0.25) is 0 Å². The van der Waals surface area contributed by atoms with E-state index in [0.29, 0.717) is 0 Å². The van der Waals surface area contributed by atoms with Gasteiger partial charge in [-0.2, -0.15) is 0 Å². The number of nitrogens with zero attached hydrogens (tertiary/aromatic N) is 1. The van der Waals surface area contributed by atoms with Crippen molar-refractivity contribution in [2.24, 2.45) is 5.92 Å². The molecule has 1 aromatic carbocycles. The fourth-order valence-electron chi connectivity index (χ4n) is 3.20. The number of rotatable bonds is 7. The second-order valence-corrected chi connectivity index (χ2v) is 6.61. The Balaban J connectivity index is 1.91. The van der Waals surface area contributed by atoms with Crippen molar-refractivity contribution < 1.29 is 0 Å². The summed E-state index contributed by atoms with van der Waals surface area (Å²) in [4.78, 5) is 2.72. The van der Waals surface area contributed by atoms with Crippen molar-refractivity contribution in [3.05, 3.63) is 29.8 Å². The van der Waals surface area contributed by atoms with Crippen molar-refractivity contribution in [3.63, 3.8) is 0 Å². The molecule has 1 aromatic rings. The lowest BCUT2D eigenvalue weighted by molar-refractivity contribution is 0.190. The first kappa shape index (κ1) is 15.4. The fourth-order valence-corrected chi connectivity index (χ4v) is 3.20. The van der Waals surface area contributed by atoms with E-state index in [0.717, 1.165) is 30.6 Å². The normalized spacial score (nSPS) is 16.4. The van der Waals surface area contributed by atoms with Crippen molar-refractivity contribution in [2.45, 2.75) is 58.4 Å². The molecule has 112 valence electrons. The van der Waals surface area contributed by atoms with Gasteiger partial charge < -0.3 is 10.6 Å². The van der Waals surface area contributed by atoms with E-state index in [-0.39, 0.29) is 0 Å². The molecule has 0 spiro atoms. The summed E-state index contributed by atoms with van der Waals surface area (Å²) >= 11 is 0. The van der Waals surface area contributed by atoms with Crippen LogP contribution in [0.25, 0.3) is 0 Å². The standard InChI is InChI=1S/C18H30N2/c1-15(2)11-13-20(17-8-4-5-9-17)14-12-16-7-3-6-10-18(16)19/h3,6-7,10,15,17H,4-5,8-9,11-14,19H2,1-2H3. The number of anilines is 1. The van der Waals surface area contributed by atoms with Crippen molar-refractivity contribution in [2.75, 3.05) is 18.8 Å².